The summed E-state index contributed by atoms with van der Waals surface area (Å²) < 4.78 is 18.2. The average molecular weight is 280 g/mol. The zero-order chi connectivity index (χ0) is 15.0. The first-order chi connectivity index (χ1) is 9.27. The molecular formula is C16H29BO3. The largest absolute Gasteiger partial charge is 0.490 e. The van der Waals surface area contributed by atoms with Gasteiger partial charge in [0, 0.05) is 0 Å². The van der Waals surface area contributed by atoms with Gasteiger partial charge in [0.2, 0.25) is 0 Å². The summed E-state index contributed by atoms with van der Waals surface area (Å²) in [5, 5.41) is 0. The molecule has 2 aliphatic heterocycles. The summed E-state index contributed by atoms with van der Waals surface area (Å²) >= 11 is 0. The Kier molecular flexibility index (Phi) is 4.67. The van der Waals surface area contributed by atoms with Gasteiger partial charge >= 0.3 is 7.12 Å². The maximum Gasteiger partial charge on any atom is 0.490 e. The maximum absolute atomic E-state index is 6.15. The number of hydrogen-bond donors (Lipinski definition) is 0. The van der Waals surface area contributed by atoms with Gasteiger partial charge in [-0.05, 0) is 51.9 Å². The molecule has 0 aromatic heterocycles. The van der Waals surface area contributed by atoms with E-state index < -0.39 is 0 Å². The van der Waals surface area contributed by atoms with Gasteiger partial charge in [0.05, 0.1) is 23.9 Å². The molecule has 3 nitrogen and oxygen atoms in total. The number of ether oxygens (including phenoxy) is 1. The maximum atomic E-state index is 6.15. The highest BCUT2D eigenvalue weighted by molar-refractivity contribution is 6.54. The lowest BCUT2D eigenvalue weighted by molar-refractivity contribution is 0.00578. The lowest BCUT2D eigenvalue weighted by Gasteiger charge is -2.32. The first-order valence-electron chi connectivity index (χ1n) is 7.94. The van der Waals surface area contributed by atoms with E-state index in [-0.39, 0.29) is 24.4 Å². The molecule has 0 amide bonds. The Morgan fingerprint density at radius 2 is 1.85 bits per heavy atom. The van der Waals surface area contributed by atoms with Crippen LogP contribution in [0.3, 0.4) is 0 Å². The zero-order valence-corrected chi connectivity index (χ0v) is 13.9. The van der Waals surface area contributed by atoms with Crippen molar-refractivity contribution in [2.45, 2.75) is 78.1 Å². The Bertz CT molecular complexity index is 360. The van der Waals surface area contributed by atoms with Gasteiger partial charge < -0.3 is 14.0 Å². The van der Waals surface area contributed by atoms with E-state index in [1.54, 1.807) is 0 Å². The van der Waals surface area contributed by atoms with Crippen LogP contribution in [-0.2, 0) is 14.0 Å². The van der Waals surface area contributed by atoms with Crippen LogP contribution in [0.15, 0.2) is 11.5 Å². The molecule has 0 aliphatic carbocycles. The minimum atomic E-state index is -0.263. The van der Waals surface area contributed by atoms with E-state index >= 15 is 0 Å². The van der Waals surface area contributed by atoms with E-state index in [9.17, 15) is 0 Å². The van der Waals surface area contributed by atoms with Crippen LogP contribution in [0.2, 0.25) is 0 Å². The van der Waals surface area contributed by atoms with Gasteiger partial charge in [-0.15, -0.1) is 0 Å². The Morgan fingerprint density at radius 1 is 1.25 bits per heavy atom. The van der Waals surface area contributed by atoms with Crippen LogP contribution >= 0.6 is 0 Å². The predicted octanol–water partition coefficient (Wildman–Crippen LogP) is 3.77. The SMILES string of the molecule is CCCC(C)C1C=C(B2OC(C)(C)C(C)(C)O2)CCO1. The summed E-state index contributed by atoms with van der Waals surface area (Å²) in [6.07, 6.45) is 5.74. The molecule has 0 aromatic carbocycles. The van der Waals surface area contributed by atoms with E-state index in [4.69, 9.17) is 14.0 Å². The van der Waals surface area contributed by atoms with E-state index in [0.29, 0.717) is 5.92 Å². The molecule has 4 heteroatoms. The molecule has 0 saturated carbocycles. The second-order valence-electron chi connectivity index (χ2n) is 7.18. The fraction of sp³-hybridized carbons (Fsp3) is 0.875. The van der Waals surface area contributed by atoms with Crippen LogP contribution in [0, 0.1) is 5.92 Å². The topological polar surface area (TPSA) is 27.7 Å². The van der Waals surface area contributed by atoms with Crippen molar-refractivity contribution >= 4 is 7.12 Å². The molecule has 1 fully saturated rings. The third kappa shape index (κ3) is 3.13. The van der Waals surface area contributed by atoms with Crippen LogP contribution in [0.4, 0.5) is 0 Å². The zero-order valence-electron chi connectivity index (χ0n) is 13.9. The summed E-state index contributed by atoms with van der Waals surface area (Å²) in [6.45, 7) is 13.7. The number of hydrogen-bond acceptors (Lipinski definition) is 3. The normalized spacial score (nSPS) is 30.2. The van der Waals surface area contributed by atoms with Gasteiger partial charge in [-0.25, -0.2) is 0 Å². The van der Waals surface area contributed by atoms with Crippen LogP contribution in [0.1, 0.15) is 60.8 Å². The molecule has 2 unspecified atom stereocenters. The lowest BCUT2D eigenvalue weighted by Crippen LogP contribution is -2.41. The quantitative estimate of drug-likeness (QED) is 0.734. The molecule has 0 radical (unpaired) electrons. The minimum Gasteiger partial charge on any atom is -0.400 e. The van der Waals surface area contributed by atoms with Gasteiger partial charge in [-0.1, -0.05) is 26.3 Å². The standard InChI is InChI=1S/C16H29BO3/c1-7-8-12(2)14-11-13(9-10-18-14)17-19-15(3,4)16(5,6)20-17/h11-12,14H,7-10H2,1-6H3. The van der Waals surface area contributed by atoms with Gasteiger partial charge in [-0.3, -0.25) is 0 Å². The second-order valence-corrected chi connectivity index (χ2v) is 7.18. The summed E-state index contributed by atoms with van der Waals surface area (Å²) in [5.41, 5.74) is 0.728. The van der Waals surface area contributed by atoms with Crippen molar-refractivity contribution in [1.82, 2.24) is 0 Å². The van der Waals surface area contributed by atoms with Crippen molar-refractivity contribution < 1.29 is 14.0 Å². The molecule has 1 saturated heterocycles. The fourth-order valence-corrected chi connectivity index (χ4v) is 2.79. The van der Waals surface area contributed by atoms with E-state index in [2.05, 4.69) is 47.6 Å². The van der Waals surface area contributed by atoms with Crippen LogP contribution < -0.4 is 0 Å². The molecule has 114 valence electrons. The second kappa shape index (κ2) is 5.82. The van der Waals surface area contributed by atoms with Gasteiger partial charge in [-0.2, -0.15) is 0 Å². The first-order valence-corrected chi connectivity index (χ1v) is 7.94. The highest BCUT2D eigenvalue weighted by atomic mass is 16.7. The monoisotopic (exact) mass is 280 g/mol. The Morgan fingerprint density at radius 3 is 2.40 bits per heavy atom. The van der Waals surface area contributed by atoms with E-state index in [1.807, 2.05) is 0 Å². The van der Waals surface area contributed by atoms with Crippen molar-refractivity contribution in [3.63, 3.8) is 0 Å². The molecule has 2 heterocycles. The van der Waals surface area contributed by atoms with Crippen LogP contribution in [0.5, 0.6) is 0 Å². The van der Waals surface area contributed by atoms with Crippen LogP contribution in [0.25, 0.3) is 0 Å². The Labute approximate surface area is 124 Å². The molecule has 2 atom stereocenters. The van der Waals surface area contributed by atoms with E-state index in [0.717, 1.165) is 13.0 Å². The Hall–Kier alpha value is -0.315. The van der Waals surface area contributed by atoms with E-state index in [1.165, 1.54) is 18.3 Å². The van der Waals surface area contributed by atoms with Crippen molar-refractivity contribution in [3.05, 3.63) is 11.5 Å². The third-order valence-corrected chi connectivity index (χ3v) is 4.94. The lowest BCUT2D eigenvalue weighted by atomic mass is 9.74. The molecule has 20 heavy (non-hydrogen) atoms. The molecule has 0 aromatic rings. The summed E-state index contributed by atoms with van der Waals surface area (Å²) in [7, 11) is -0.208. The Balaban J connectivity index is 2.09. The third-order valence-electron chi connectivity index (χ3n) is 4.94. The summed E-state index contributed by atoms with van der Waals surface area (Å²) in [4.78, 5) is 0. The molecule has 2 aliphatic rings. The highest BCUT2D eigenvalue weighted by Gasteiger charge is 2.52. The first kappa shape index (κ1) is 16.1. The molecule has 0 N–H and O–H groups in total. The molecule has 2 rings (SSSR count). The van der Waals surface area contributed by atoms with Crippen molar-refractivity contribution in [3.8, 4) is 0 Å². The number of rotatable bonds is 4. The van der Waals surface area contributed by atoms with Crippen molar-refractivity contribution in [1.29, 1.82) is 0 Å². The van der Waals surface area contributed by atoms with Gasteiger partial charge in [0.15, 0.2) is 0 Å². The molecule has 0 bridgehead atoms. The van der Waals surface area contributed by atoms with Gasteiger partial charge in [0.25, 0.3) is 0 Å². The smallest absolute Gasteiger partial charge is 0.400 e. The molecular weight excluding hydrogens is 251 g/mol. The van der Waals surface area contributed by atoms with Gasteiger partial charge in [0.1, 0.15) is 0 Å². The molecule has 0 spiro atoms. The van der Waals surface area contributed by atoms with Crippen molar-refractivity contribution in [2.75, 3.05) is 6.61 Å². The summed E-state index contributed by atoms with van der Waals surface area (Å²) in [5.74, 6) is 0.553. The van der Waals surface area contributed by atoms with Crippen molar-refractivity contribution in [2.24, 2.45) is 5.92 Å². The minimum absolute atomic E-state index is 0.206. The predicted molar refractivity (Wildman–Crippen MR) is 82.6 cm³/mol. The highest BCUT2D eigenvalue weighted by Crippen LogP contribution is 2.40. The fourth-order valence-electron chi connectivity index (χ4n) is 2.79. The summed E-state index contributed by atoms with van der Waals surface area (Å²) in [6, 6.07) is 0. The van der Waals surface area contributed by atoms with Crippen LogP contribution in [-0.4, -0.2) is 31.0 Å². The average Bonchev–Trinajstić information content (AvgIpc) is 2.59.